The Labute approximate surface area is 215 Å². The molecule has 0 saturated heterocycles. The summed E-state index contributed by atoms with van der Waals surface area (Å²) in [5.74, 6) is 0.0719. The maximum absolute atomic E-state index is 13.8. The van der Waals surface area contributed by atoms with E-state index in [1.165, 1.54) is 7.11 Å². The molecule has 0 aromatic heterocycles. The molecule has 1 aliphatic heterocycles. The van der Waals surface area contributed by atoms with Gasteiger partial charge in [-0.15, -0.1) is 0 Å². The van der Waals surface area contributed by atoms with Gasteiger partial charge in [0.15, 0.2) is 9.84 Å². The van der Waals surface area contributed by atoms with Gasteiger partial charge in [-0.25, -0.2) is 8.42 Å². The topological polar surface area (TPSA) is 157 Å². The standard InChI is InChI=1S/C25H36N2O6S2.H3N/c1-4-6-12-25(5-2)18-34(28,29)23-15-20(17-26-13-14-35(30,31)32)22(33-3)16-21(23)24(27-25)19-10-8-7-9-11-19;/h7-11,15-16,24,26-27H,4-6,12-14,17-18H2,1-3H3,(H,30,31,32);1H3/t24-,25-;/m1./s1. The Balaban J connectivity index is 0.00000456. The van der Waals surface area contributed by atoms with E-state index >= 15 is 0 Å². The number of ether oxygens (including phenoxy) is 1. The monoisotopic (exact) mass is 541 g/mol. The highest BCUT2D eigenvalue weighted by atomic mass is 32.2. The van der Waals surface area contributed by atoms with Crippen molar-refractivity contribution in [3.63, 3.8) is 0 Å². The second-order valence-electron chi connectivity index (χ2n) is 9.15. The Hall–Kier alpha value is -2.02. The summed E-state index contributed by atoms with van der Waals surface area (Å²) in [4.78, 5) is 0.262. The van der Waals surface area contributed by atoms with Crippen molar-refractivity contribution in [2.75, 3.05) is 25.2 Å². The summed E-state index contributed by atoms with van der Waals surface area (Å²) in [6, 6.07) is 12.9. The van der Waals surface area contributed by atoms with Crippen molar-refractivity contribution in [3.8, 4) is 5.75 Å². The van der Waals surface area contributed by atoms with Crippen LogP contribution in [0.15, 0.2) is 47.4 Å². The van der Waals surface area contributed by atoms with Crippen LogP contribution in [-0.4, -0.2) is 52.1 Å². The predicted molar refractivity (Wildman–Crippen MR) is 142 cm³/mol. The molecule has 202 valence electrons. The van der Waals surface area contributed by atoms with E-state index < -0.39 is 31.2 Å². The third-order valence-corrected chi connectivity index (χ3v) is 9.32. The SMILES string of the molecule is CCCC[C@]1(CC)CS(=O)(=O)c2cc(CNCCS(=O)(=O)O)c(OC)cc2[C@@H](c2ccccc2)N1.N. The fourth-order valence-electron chi connectivity index (χ4n) is 4.68. The van der Waals surface area contributed by atoms with Gasteiger partial charge in [-0.05, 0) is 36.1 Å². The molecule has 2 aromatic rings. The molecular formula is C25H39N3O6S2. The van der Waals surface area contributed by atoms with Crippen molar-refractivity contribution in [2.45, 2.75) is 62.6 Å². The van der Waals surface area contributed by atoms with Gasteiger partial charge >= 0.3 is 0 Å². The number of rotatable bonds is 11. The summed E-state index contributed by atoms with van der Waals surface area (Å²) in [7, 11) is -6.22. The minimum Gasteiger partial charge on any atom is -0.496 e. The number of unbranched alkanes of at least 4 members (excludes halogenated alkanes) is 1. The summed E-state index contributed by atoms with van der Waals surface area (Å²) in [6.07, 6.45) is 3.31. The van der Waals surface area contributed by atoms with Gasteiger partial charge in [-0.2, -0.15) is 8.42 Å². The molecular weight excluding hydrogens is 502 g/mol. The zero-order valence-electron chi connectivity index (χ0n) is 21.3. The highest BCUT2D eigenvalue weighted by Crippen LogP contribution is 2.40. The maximum Gasteiger partial charge on any atom is 0.266 e. The van der Waals surface area contributed by atoms with E-state index in [9.17, 15) is 16.8 Å². The molecule has 1 aliphatic rings. The zero-order valence-corrected chi connectivity index (χ0v) is 22.9. The average molecular weight is 542 g/mol. The Morgan fingerprint density at radius 3 is 2.47 bits per heavy atom. The van der Waals surface area contributed by atoms with Gasteiger partial charge in [0.2, 0.25) is 0 Å². The van der Waals surface area contributed by atoms with Crippen molar-refractivity contribution in [3.05, 3.63) is 59.2 Å². The van der Waals surface area contributed by atoms with E-state index in [2.05, 4.69) is 17.6 Å². The lowest BCUT2D eigenvalue weighted by molar-refractivity contribution is 0.294. The molecule has 0 saturated carbocycles. The van der Waals surface area contributed by atoms with E-state index in [0.717, 1.165) is 24.8 Å². The molecule has 3 rings (SSSR count). The summed E-state index contributed by atoms with van der Waals surface area (Å²) >= 11 is 0. The van der Waals surface area contributed by atoms with Crippen LogP contribution >= 0.6 is 0 Å². The van der Waals surface area contributed by atoms with Crippen LogP contribution in [0.3, 0.4) is 0 Å². The summed E-state index contributed by atoms with van der Waals surface area (Å²) in [6.45, 7) is 4.35. The summed E-state index contributed by atoms with van der Waals surface area (Å²) < 4.78 is 64.2. The van der Waals surface area contributed by atoms with Crippen molar-refractivity contribution in [1.82, 2.24) is 16.8 Å². The van der Waals surface area contributed by atoms with Gasteiger partial charge in [0.25, 0.3) is 10.1 Å². The Morgan fingerprint density at radius 1 is 1.19 bits per heavy atom. The Bertz CT molecular complexity index is 1220. The fraction of sp³-hybridized carbons (Fsp3) is 0.520. The fourth-order valence-corrected chi connectivity index (χ4v) is 7.26. The van der Waals surface area contributed by atoms with E-state index in [1.807, 2.05) is 37.3 Å². The first kappa shape index (κ1) is 30.2. The molecule has 0 aliphatic carbocycles. The van der Waals surface area contributed by atoms with E-state index in [-0.39, 0.29) is 35.9 Å². The second kappa shape index (κ2) is 12.5. The largest absolute Gasteiger partial charge is 0.496 e. The first-order chi connectivity index (χ1) is 16.5. The lowest BCUT2D eigenvalue weighted by Gasteiger charge is -2.36. The molecule has 11 heteroatoms. The summed E-state index contributed by atoms with van der Waals surface area (Å²) in [5, 5.41) is 6.69. The molecule has 0 unspecified atom stereocenters. The third kappa shape index (κ3) is 7.27. The number of nitrogens with one attached hydrogen (secondary N) is 2. The van der Waals surface area contributed by atoms with Crippen LogP contribution in [0, 0.1) is 0 Å². The molecule has 6 N–H and O–H groups in total. The second-order valence-corrected chi connectivity index (χ2v) is 12.7. The molecule has 0 amide bonds. The molecule has 0 spiro atoms. The van der Waals surface area contributed by atoms with Gasteiger partial charge in [-0.1, -0.05) is 57.0 Å². The Kier molecular flexibility index (Phi) is 10.5. The average Bonchev–Trinajstić information content (AvgIpc) is 2.92. The van der Waals surface area contributed by atoms with Crippen LogP contribution in [0.1, 0.15) is 62.3 Å². The van der Waals surface area contributed by atoms with Gasteiger partial charge < -0.3 is 16.2 Å². The van der Waals surface area contributed by atoms with Crippen LogP contribution in [0.5, 0.6) is 5.75 Å². The summed E-state index contributed by atoms with van der Waals surface area (Å²) in [5.41, 5.74) is 1.65. The van der Waals surface area contributed by atoms with Crippen LogP contribution in [0.25, 0.3) is 0 Å². The van der Waals surface area contributed by atoms with Crippen LogP contribution in [0.4, 0.5) is 0 Å². The molecule has 0 fully saturated rings. The zero-order chi connectivity index (χ0) is 25.7. The van der Waals surface area contributed by atoms with E-state index in [4.69, 9.17) is 9.29 Å². The first-order valence-electron chi connectivity index (χ1n) is 12.0. The lowest BCUT2D eigenvalue weighted by atomic mass is 9.88. The van der Waals surface area contributed by atoms with Crippen LogP contribution < -0.4 is 21.5 Å². The first-order valence-corrected chi connectivity index (χ1v) is 15.2. The number of fused-ring (bicyclic) bond motifs is 1. The van der Waals surface area contributed by atoms with Crippen LogP contribution in [0.2, 0.25) is 0 Å². The van der Waals surface area contributed by atoms with Crippen molar-refractivity contribution >= 4 is 20.0 Å². The smallest absolute Gasteiger partial charge is 0.266 e. The van der Waals surface area contributed by atoms with Gasteiger partial charge in [0, 0.05) is 24.2 Å². The number of sulfone groups is 1. The maximum atomic E-state index is 13.8. The van der Waals surface area contributed by atoms with Gasteiger partial charge in [0.05, 0.1) is 29.6 Å². The van der Waals surface area contributed by atoms with Crippen molar-refractivity contribution < 1.29 is 26.1 Å². The van der Waals surface area contributed by atoms with E-state index in [0.29, 0.717) is 23.3 Å². The minimum atomic E-state index is -4.09. The Morgan fingerprint density at radius 2 is 1.89 bits per heavy atom. The highest BCUT2D eigenvalue weighted by Gasteiger charge is 2.42. The predicted octanol–water partition coefficient (Wildman–Crippen LogP) is 3.64. The molecule has 2 aromatic carbocycles. The molecule has 9 nitrogen and oxygen atoms in total. The molecule has 0 bridgehead atoms. The number of benzene rings is 2. The third-order valence-electron chi connectivity index (χ3n) is 6.65. The van der Waals surface area contributed by atoms with E-state index in [1.54, 1.807) is 12.1 Å². The molecule has 0 radical (unpaired) electrons. The minimum absolute atomic E-state index is 0. The molecule has 2 atom stereocenters. The van der Waals surface area contributed by atoms with Crippen molar-refractivity contribution in [2.24, 2.45) is 0 Å². The van der Waals surface area contributed by atoms with Gasteiger partial charge in [-0.3, -0.25) is 9.87 Å². The number of hydrogen-bond acceptors (Lipinski definition) is 8. The quantitative estimate of drug-likeness (QED) is 0.246. The van der Waals surface area contributed by atoms with Crippen LogP contribution in [-0.2, 0) is 26.5 Å². The number of hydrogen-bond donors (Lipinski definition) is 4. The van der Waals surface area contributed by atoms with Crippen molar-refractivity contribution in [1.29, 1.82) is 0 Å². The van der Waals surface area contributed by atoms with Gasteiger partial charge in [0.1, 0.15) is 5.75 Å². The molecule has 1 heterocycles. The normalized spacial score (nSPS) is 21.2. The lowest BCUT2D eigenvalue weighted by Crippen LogP contribution is -2.50. The molecule has 36 heavy (non-hydrogen) atoms. The number of methoxy groups -OCH3 is 1. The highest BCUT2D eigenvalue weighted by molar-refractivity contribution is 7.91.